The maximum atomic E-state index is 12.0. The molecule has 1 aliphatic carbocycles. The molecule has 0 saturated heterocycles. The van der Waals surface area contributed by atoms with E-state index in [4.69, 9.17) is 0 Å². The highest BCUT2D eigenvalue weighted by Gasteiger charge is 2.15. The molecule has 23 heavy (non-hydrogen) atoms. The van der Waals surface area contributed by atoms with Gasteiger partial charge in [0.05, 0.1) is 12.1 Å². The van der Waals surface area contributed by atoms with Crippen LogP contribution in [-0.2, 0) is 11.2 Å². The second-order valence-corrected chi connectivity index (χ2v) is 6.68. The van der Waals surface area contributed by atoms with Crippen LogP contribution in [0.2, 0.25) is 0 Å². The van der Waals surface area contributed by atoms with Crippen LogP contribution >= 0.6 is 11.3 Å². The molecule has 2 aromatic heterocycles. The largest absolute Gasteiger partial charge is 0.355 e. The van der Waals surface area contributed by atoms with Gasteiger partial charge in [0.2, 0.25) is 11.9 Å². The molecule has 1 fully saturated rings. The first-order valence-corrected chi connectivity index (χ1v) is 8.93. The van der Waals surface area contributed by atoms with Crippen molar-refractivity contribution in [2.24, 2.45) is 5.92 Å². The summed E-state index contributed by atoms with van der Waals surface area (Å²) in [4.78, 5) is 24.6. The second kappa shape index (κ2) is 8.01. The molecule has 6 nitrogen and oxygen atoms in total. The van der Waals surface area contributed by atoms with Gasteiger partial charge in [-0.1, -0.05) is 19.3 Å². The average Bonchev–Trinajstić information content (AvgIpc) is 3.02. The van der Waals surface area contributed by atoms with E-state index in [9.17, 15) is 4.79 Å². The summed E-state index contributed by atoms with van der Waals surface area (Å²) in [6.45, 7) is 0.798. The number of thiazole rings is 1. The molecule has 2 aromatic rings. The number of hydrogen-bond acceptors (Lipinski definition) is 6. The Morgan fingerprint density at radius 1 is 1.22 bits per heavy atom. The van der Waals surface area contributed by atoms with E-state index in [0.717, 1.165) is 12.2 Å². The lowest BCUT2D eigenvalue weighted by Crippen LogP contribution is -2.31. The fraction of sp³-hybridized carbons (Fsp3) is 0.500. The predicted molar refractivity (Wildman–Crippen MR) is 90.7 cm³/mol. The number of aromatic nitrogens is 3. The number of rotatable bonds is 6. The van der Waals surface area contributed by atoms with Crippen LogP contribution in [0.1, 0.15) is 37.8 Å². The van der Waals surface area contributed by atoms with Crippen LogP contribution in [-0.4, -0.2) is 27.4 Å². The SMILES string of the molecule is O=C(Cc1csc(Nc2ncccn2)n1)NCC1CCCCC1. The minimum atomic E-state index is 0.0448. The normalized spacial score (nSPS) is 15.3. The molecular weight excluding hydrogens is 310 g/mol. The summed E-state index contributed by atoms with van der Waals surface area (Å²) >= 11 is 1.45. The summed E-state index contributed by atoms with van der Waals surface area (Å²) in [5.41, 5.74) is 0.773. The quantitative estimate of drug-likeness (QED) is 0.851. The molecule has 0 radical (unpaired) electrons. The number of carbonyl (C=O) groups excluding carboxylic acids is 1. The van der Waals surface area contributed by atoms with E-state index < -0.39 is 0 Å². The van der Waals surface area contributed by atoms with E-state index >= 15 is 0 Å². The van der Waals surface area contributed by atoms with Crippen LogP contribution in [0.15, 0.2) is 23.8 Å². The average molecular weight is 331 g/mol. The first kappa shape index (κ1) is 15.9. The number of nitrogens with zero attached hydrogens (tertiary/aromatic N) is 3. The van der Waals surface area contributed by atoms with E-state index in [0.29, 0.717) is 23.4 Å². The first-order chi connectivity index (χ1) is 11.3. The molecule has 0 aliphatic heterocycles. The van der Waals surface area contributed by atoms with Crippen molar-refractivity contribution < 1.29 is 4.79 Å². The van der Waals surface area contributed by atoms with Crippen molar-refractivity contribution >= 4 is 28.3 Å². The fourth-order valence-corrected chi connectivity index (χ4v) is 3.49. The Morgan fingerprint density at radius 2 is 2.00 bits per heavy atom. The molecule has 1 saturated carbocycles. The smallest absolute Gasteiger partial charge is 0.228 e. The standard InChI is InChI=1S/C16H21N5OS/c22-14(19-10-12-5-2-1-3-6-12)9-13-11-23-16(20-13)21-15-17-7-4-8-18-15/h4,7-8,11-12H,1-3,5-6,9-10H2,(H,19,22)(H,17,18,20,21). The molecule has 7 heteroatoms. The van der Waals surface area contributed by atoms with Gasteiger partial charge in [-0.2, -0.15) is 0 Å². The molecule has 122 valence electrons. The van der Waals surface area contributed by atoms with E-state index in [2.05, 4.69) is 25.6 Å². The Hall–Kier alpha value is -2.02. The molecule has 3 rings (SSSR count). The Kier molecular flexibility index (Phi) is 5.52. The highest BCUT2D eigenvalue weighted by atomic mass is 32.1. The maximum Gasteiger partial charge on any atom is 0.228 e. The summed E-state index contributed by atoms with van der Waals surface area (Å²) in [6, 6.07) is 1.76. The van der Waals surface area contributed by atoms with Crippen LogP contribution < -0.4 is 10.6 Å². The Morgan fingerprint density at radius 3 is 2.78 bits per heavy atom. The van der Waals surface area contributed by atoms with Crippen LogP contribution in [0, 0.1) is 5.92 Å². The third kappa shape index (κ3) is 4.99. The lowest BCUT2D eigenvalue weighted by Gasteiger charge is -2.21. The topological polar surface area (TPSA) is 79.8 Å². The van der Waals surface area contributed by atoms with E-state index in [1.54, 1.807) is 18.5 Å². The van der Waals surface area contributed by atoms with Crippen molar-refractivity contribution in [2.45, 2.75) is 38.5 Å². The van der Waals surface area contributed by atoms with Gasteiger partial charge in [0, 0.05) is 24.3 Å². The summed E-state index contributed by atoms with van der Waals surface area (Å²) in [5.74, 6) is 1.20. The summed E-state index contributed by atoms with van der Waals surface area (Å²) in [5, 5.41) is 8.67. The Balaban J connectivity index is 1.45. The second-order valence-electron chi connectivity index (χ2n) is 5.83. The van der Waals surface area contributed by atoms with Crippen molar-refractivity contribution in [1.29, 1.82) is 0 Å². The van der Waals surface area contributed by atoms with Crippen molar-refractivity contribution in [1.82, 2.24) is 20.3 Å². The van der Waals surface area contributed by atoms with Crippen molar-refractivity contribution in [3.63, 3.8) is 0 Å². The monoisotopic (exact) mass is 331 g/mol. The maximum absolute atomic E-state index is 12.0. The zero-order valence-corrected chi connectivity index (χ0v) is 13.8. The first-order valence-electron chi connectivity index (χ1n) is 8.05. The summed E-state index contributed by atoms with van der Waals surface area (Å²) in [6.07, 6.45) is 10.1. The number of anilines is 2. The zero-order chi connectivity index (χ0) is 15.9. The fourth-order valence-electron chi connectivity index (χ4n) is 2.78. The van der Waals surface area contributed by atoms with Crippen molar-refractivity contribution in [3.05, 3.63) is 29.5 Å². The zero-order valence-electron chi connectivity index (χ0n) is 13.0. The summed E-state index contributed by atoms with van der Waals surface area (Å²) in [7, 11) is 0. The highest BCUT2D eigenvalue weighted by molar-refractivity contribution is 7.13. The van der Waals surface area contributed by atoms with Gasteiger partial charge in [-0.3, -0.25) is 4.79 Å². The number of carbonyl (C=O) groups is 1. The number of hydrogen-bond donors (Lipinski definition) is 2. The van der Waals surface area contributed by atoms with Crippen LogP contribution in [0.25, 0.3) is 0 Å². The molecular formula is C16H21N5OS. The van der Waals surface area contributed by atoms with Gasteiger partial charge in [-0.25, -0.2) is 15.0 Å². The molecule has 0 unspecified atom stereocenters. The van der Waals surface area contributed by atoms with Crippen LogP contribution in [0.3, 0.4) is 0 Å². The molecule has 2 N–H and O–H groups in total. The van der Waals surface area contributed by atoms with Gasteiger partial charge in [0.1, 0.15) is 0 Å². The van der Waals surface area contributed by atoms with E-state index in [1.165, 1.54) is 43.4 Å². The Labute approximate surface area is 139 Å². The van der Waals surface area contributed by atoms with Gasteiger partial charge in [-0.15, -0.1) is 11.3 Å². The molecule has 0 bridgehead atoms. The molecule has 0 spiro atoms. The minimum Gasteiger partial charge on any atom is -0.355 e. The molecule has 1 aliphatic rings. The number of nitrogens with one attached hydrogen (secondary N) is 2. The highest BCUT2D eigenvalue weighted by Crippen LogP contribution is 2.23. The van der Waals surface area contributed by atoms with Crippen molar-refractivity contribution in [3.8, 4) is 0 Å². The van der Waals surface area contributed by atoms with Gasteiger partial charge in [0.25, 0.3) is 0 Å². The van der Waals surface area contributed by atoms with E-state index in [1.807, 2.05) is 5.38 Å². The molecule has 0 atom stereocenters. The molecule has 0 aromatic carbocycles. The van der Waals surface area contributed by atoms with Crippen LogP contribution in [0.4, 0.5) is 11.1 Å². The lowest BCUT2D eigenvalue weighted by molar-refractivity contribution is -0.120. The predicted octanol–water partition coefficient (Wildman–Crippen LogP) is 2.92. The molecule has 2 heterocycles. The summed E-state index contributed by atoms with van der Waals surface area (Å²) < 4.78 is 0. The Bertz CT molecular complexity index is 624. The lowest BCUT2D eigenvalue weighted by atomic mass is 9.89. The van der Waals surface area contributed by atoms with Crippen LogP contribution in [0.5, 0.6) is 0 Å². The third-order valence-corrected chi connectivity index (χ3v) is 4.80. The van der Waals surface area contributed by atoms with Gasteiger partial charge < -0.3 is 10.6 Å². The van der Waals surface area contributed by atoms with Gasteiger partial charge in [-0.05, 0) is 24.8 Å². The minimum absolute atomic E-state index is 0.0448. The van der Waals surface area contributed by atoms with Gasteiger partial charge >= 0.3 is 0 Å². The number of amides is 1. The van der Waals surface area contributed by atoms with Crippen molar-refractivity contribution in [2.75, 3.05) is 11.9 Å². The third-order valence-electron chi connectivity index (χ3n) is 3.99. The van der Waals surface area contributed by atoms with Gasteiger partial charge in [0.15, 0.2) is 5.13 Å². The van der Waals surface area contributed by atoms with E-state index in [-0.39, 0.29) is 5.91 Å². The molecule has 1 amide bonds.